The van der Waals surface area contributed by atoms with E-state index in [1.165, 1.54) is 0 Å². The molecule has 1 aromatic rings. The largest absolute Gasteiger partial charge is 0.383 e. The van der Waals surface area contributed by atoms with Crippen molar-refractivity contribution >= 4 is 17.5 Å². The molecular weight excluding hydrogens is 228 g/mol. The van der Waals surface area contributed by atoms with E-state index in [4.69, 9.17) is 16.3 Å². The third-order valence-electron chi connectivity index (χ3n) is 2.17. The van der Waals surface area contributed by atoms with Gasteiger partial charge in [0.2, 0.25) is 0 Å². The highest BCUT2D eigenvalue weighted by molar-refractivity contribution is 6.29. The van der Waals surface area contributed by atoms with Crippen molar-refractivity contribution in [2.75, 3.05) is 26.8 Å². The molecule has 16 heavy (non-hydrogen) atoms. The van der Waals surface area contributed by atoms with Gasteiger partial charge in [-0.05, 0) is 19.1 Å². The van der Waals surface area contributed by atoms with Crippen molar-refractivity contribution in [3.8, 4) is 0 Å². The molecule has 0 radical (unpaired) electrons. The molecule has 0 atom stereocenters. The lowest BCUT2D eigenvalue weighted by atomic mass is 10.3. The van der Waals surface area contributed by atoms with Crippen LogP contribution in [0.1, 0.15) is 17.4 Å². The van der Waals surface area contributed by atoms with Crippen molar-refractivity contribution in [3.05, 3.63) is 29.0 Å². The normalized spacial score (nSPS) is 10.2. The van der Waals surface area contributed by atoms with Crippen LogP contribution in [0.3, 0.4) is 0 Å². The molecule has 0 aromatic carbocycles. The van der Waals surface area contributed by atoms with Crippen LogP contribution in [0, 0.1) is 0 Å². The van der Waals surface area contributed by atoms with Gasteiger partial charge in [-0.1, -0.05) is 17.7 Å². The highest BCUT2D eigenvalue weighted by Gasteiger charge is 2.15. The molecule has 0 fully saturated rings. The third-order valence-corrected chi connectivity index (χ3v) is 2.38. The topological polar surface area (TPSA) is 42.4 Å². The molecule has 88 valence electrons. The summed E-state index contributed by atoms with van der Waals surface area (Å²) in [4.78, 5) is 17.6. The van der Waals surface area contributed by atoms with Gasteiger partial charge in [-0.15, -0.1) is 0 Å². The Morgan fingerprint density at radius 2 is 2.31 bits per heavy atom. The Labute approximate surface area is 100 Å². The van der Waals surface area contributed by atoms with Crippen LogP contribution >= 0.6 is 11.6 Å². The van der Waals surface area contributed by atoms with Crippen molar-refractivity contribution in [2.24, 2.45) is 0 Å². The summed E-state index contributed by atoms with van der Waals surface area (Å²) in [5, 5.41) is 0.327. The molecule has 0 saturated heterocycles. The number of methoxy groups -OCH3 is 1. The number of rotatable bonds is 5. The SMILES string of the molecule is CCN(CCOC)C(=O)c1cccc(Cl)n1. The molecule has 0 unspecified atom stereocenters. The van der Waals surface area contributed by atoms with Crippen LogP contribution in [0.2, 0.25) is 5.15 Å². The quantitative estimate of drug-likeness (QED) is 0.740. The van der Waals surface area contributed by atoms with Crippen LogP contribution in [0.25, 0.3) is 0 Å². The van der Waals surface area contributed by atoms with Crippen molar-refractivity contribution in [2.45, 2.75) is 6.92 Å². The fourth-order valence-corrected chi connectivity index (χ4v) is 1.46. The van der Waals surface area contributed by atoms with Crippen LogP contribution in [-0.4, -0.2) is 42.6 Å². The van der Waals surface area contributed by atoms with Gasteiger partial charge in [0, 0.05) is 20.2 Å². The number of hydrogen-bond acceptors (Lipinski definition) is 3. The highest BCUT2D eigenvalue weighted by Crippen LogP contribution is 2.07. The van der Waals surface area contributed by atoms with E-state index >= 15 is 0 Å². The van der Waals surface area contributed by atoms with Gasteiger partial charge >= 0.3 is 0 Å². The standard InChI is InChI=1S/C11H15ClN2O2/c1-3-14(7-8-16-2)11(15)9-5-4-6-10(12)13-9/h4-6H,3,7-8H2,1-2H3. The molecule has 1 heterocycles. The molecular formula is C11H15ClN2O2. The van der Waals surface area contributed by atoms with E-state index in [1.807, 2.05) is 6.92 Å². The predicted molar refractivity (Wildman–Crippen MR) is 62.7 cm³/mol. The minimum Gasteiger partial charge on any atom is -0.383 e. The smallest absolute Gasteiger partial charge is 0.272 e. The molecule has 0 aliphatic carbocycles. The van der Waals surface area contributed by atoms with Crippen molar-refractivity contribution in [1.29, 1.82) is 0 Å². The number of pyridine rings is 1. The summed E-state index contributed by atoms with van der Waals surface area (Å²) in [6.45, 7) is 3.61. The Morgan fingerprint density at radius 1 is 1.56 bits per heavy atom. The number of carbonyl (C=O) groups is 1. The van der Waals surface area contributed by atoms with Gasteiger partial charge in [-0.2, -0.15) is 0 Å². The first kappa shape index (κ1) is 12.9. The predicted octanol–water partition coefficient (Wildman–Crippen LogP) is 1.84. The van der Waals surface area contributed by atoms with Crippen molar-refractivity contribution in [1.82, 2.24) is 9.88 Å². The molecule has 0 aliphatic heterocycles. The van der Waals surface area contributed by atoms with Gasteiger partial charge in [0.05, 0.1) is 6.61 Å². The molecule has 0 bridgehead atoms. The zero-order chi connectivity index (χ0) is 12.0. The molecule has 0 spiro atoms. The zero-order valence-electron chi connectivity index (χ0n) is 9.44. The molecule has 5 heteroatoms. The van der Waals surface area contributed by atoms with Gasteiger partial charge < -0.3 is 9.64 Å². The molecule has 0 N–H and O–H groups in total. The number of carbonyl (C=O) groups excluding carboxylic acids is 1. The highest BCUT2D eigenvalue weighted by atomic mass is 35.5. The van der Waals surface area contributed by atoms with Gasteiger partial charge in [-0.3, -0.25) is 4.79 Å². The second-order valence-corrected chi connectivity index (χ2v) is 3.61. The van der Waals surface area contributed by atoms with E-state index in [2.05, 4.69) is 4.98 Å². The minimum atomic E-state index is -0.123. The van der Waals surface area contributed by atoms with E-state index in [-0.39, 0.29) is 5.91 Å². The maximum atomic E-state index is 12.0. The Morgan fingerprint density at radius 3 is 2.88 bits per heavy atom. The first-order valence-electron chi connectivity index (χ1n) is 5.09. The third kappa shape index (κ3) is 3.47. The van der Waals surface area contributed by atoms with E-state index < -0.39 is 0 Å². The maximum Gasteiger partial charge on any atom is 0.272 e. The Hall–Kier alpha value is -1.13. The van der Waals surface area contributed by atoms with Gasteiger partial charge in [0.15, 0.2) is 0 Å². The van der Waals surface area contributed by atoms with Gasteiger partial charge in [0.1, 0.15) is 10.8 Å². The zero-order valence-corrected chi connectivity index (χ0v) is 10.2. The molecule has 1 aromatic heterocycles. The Kier molecular flexibility index (Phi) is 5.22. The molecule has 1 rings (SSSR count). The molecule has 0 aliphatic rings. The van der Waals surface area contributed by atoms with E-state index in [9.17, 15) is 4.79 Å². The summed E-state index contributed by atoms with van der Waals surface area (Å²) in [6, 6.07) is 5.01. The summed E-state index contributed by atoms with van der Waals surface area (Å²) >= 11 is 5.73. The second kappa shape index (κ2) is 6.45. The van der Waals surface area contributed by atoms with Gasteiger partial charge in [0.25, 0.3) is 5.91 Å². The minimum absolute atomic E-state index is 0.123. The summed E-state index contributed by atoms with van der Waals surface area (Å²) in [5.74, 6) is -0.123. The van der Waals surface area contributed by atoms with E-state index in [0.717, 1.165) is 0 Å². The molecule has 4 nitrogen and oxygen atoms in total. The van der Waals surface area contributed by atoms with Crippen LogP contribution in [0.15, 0.2) is 18.2 Å². The van der Waals surface area contributed by atoms with Crippen molar-refractivity contribution < 1.29 is 9.53 Å². The number of nitrogens with zero attached hydrogens (tertiary/aromatic N) is 2. The second-order valence-electron chi connectivity index (χ2n) is 3.22. The molecule has 1 amide bonds. The number of hydrogen-bond donors (Lipinski definition) is 0. The first-order chi connectivity index (χ1) is 7.69. The van der Waals surface area contributed by atoms with Crippen molar-refractivity contribution in [3.63, 3.8) is 0 Å². The first-order valence-corrected chi connectivity index (χ1v) is 5.47. The fraction of sp³-hybridized carbons (Fsp3) is 0.455. The number of amides is 1. The van der Waals surface area contributed by atoms with Crippen LogP contribution in [0.4, 0.5) is 0 Å². The fourth-order valence-electron chi connectivity index (χ4n) is 1.29. The average Bonchev–Trinajstić information content (AvgIpc) is 2.29. The van der Waals surface area contributed by atoms with Gasteiger partial charge in [-0.25, -0.2) is 4.98 Å². The number of aromatic nitrogens is 1. The molecule has 0 saturated carbocycles. The van der Waals surface area contributed by atoms with Crippen LogP contribution in [0.5, 0.6) is 0 Å². The lowest BCUT2D eigenvalue weighted by Gasteiger charge is -2.19. The Balaban J connectivity index is 2.74. The van der Waals surface area contributed by atoms with Crippen LogP contribution in [-0.2, 0) is 4.74 Å². The summed E-state index contributed by atoms with van der Waals surface area (Å²) in [6.07, 6.45) is 0. The average molecular weight is 243 g/mol. The van der Waals surface area contributed by atoms with E-state index in [0.29, 0.717) is 30.5 Å². The monoisotopic (exact) mass is 242 g/mol. The number of likely N-dealkylation sites (N-methyl/N-ethyl adjacent to an activating group) is 1. The summed E-state index contributed by atoms with van der Waals surface area (Å²) < 4.78 is 4.94. The lowest BCUT2D eigenvalue weighted by molar-refractivity contribution is 0.0700. The maximum absolute atomic E-state index is 12.0. The van der Waals surface area contributed by atoms with Crippen LogP contribution < -0.4 is 0 Å². The lowest BCUT2D eigenvalue weighted by Crippen LogP contribution is -2.34. The Bertz CT molecular complexity index is 358. The number of halogens is 1. The number of ether oxygens (including phenoxy) is 1. The summed E-state index contributed by atoms with van der Waals surface area (Å²) in [7, 11) is 1.61. The summed E-state index contributed by atoms with van der Waals surface area (Å²) in [5.41, 5.74) is 0.366. The van der Waals surface area contributed by atoms with E-state index in [1.54, 1.807) is 30.2 Å².